The van der Waals surface area contributed by atoms with Crippen LogP contribution in [0.15, 0.2) is 46.9 Å². The van der Waals surface area contributed by atoms with Gasteiger partial charge in [0.25, 0.3) is 0 Å². The van der Waals surface area contributed by atoms with Gasteiger partial charge in [-0.05, 0) is 36.4 Å². The Hall–Kier alpha value is -1.72. The fourth-order valence-electron chi connectivity index (χ4n) is 1.98. The van der Waals surface area contributed by atoms with Crippen LogP contribution < -0.4 is 10.1 Å². The monoisotopic (exact) mass is 382 g/mol. The third kappa shape index (κ3) is 4.39. The number of nitrogens with zero attached hydrogens (tertiary/aromatic N) is 1. The maximum atomic E-state index is 12.2. The largest absolute Gasteiger partial charge is 0.496 e. The molecule has 6 heteroatoms. The molecule has 116 valence electrons. The zero-order valence-electron chi connectivity index (χ0n) is 12.3. The standard InChI is InChI=1S/C16H16BrClN2O2/c1-20(10-11-8-12(17)6-7-15(11)22-2)16(21)19-14-5-3-4-13(18)9-14/h3-9H,10H2,1-2H3,(H,19,21). The van der Waals surface area contributed by atoms with Crippen LogP contribution >= 0.6 is 27.5 Å². The van der Waals surface area contributed by atoms with E-state index in [0.29, 0.717) is 17.3 Å². The minimum absolute atomic E-state index is 0.218. The summed E-state index contributed by atoms with van der Waals surface area (Å²) >= 11 is 9.33. The van der Waals surface area contributed by atoms with Crippen molar-refractivity contribution >= 4 is 39.2 Å². The second-order valence-electron chi connectivity index (χ2n) is 4.75. The molecule has 4 nitrogen and oxygen atoms in total. The Balaban J connectivity index is 2.07. The highest BCUT2D eigenvalue weighted by molar-refractivity contribution is 9.10. The molecule has 0 aliphatic carbocycles. The summed E-state index contributed by atoms with van der Waals surface area (Å²) in [5.41, 5.74) is 1.58. The van der Waals surface area contributed by atoms with E-state index in [-0.39, 0.29) is 6.03 Å². The molecule has 2 amide bonds. The number of carbonyl (C=O) groups is 1. The fraction of sp³-hybridized carbons (Fsp3) is 0.188. The molecule has 0 saturated carbocycles. The first-order valence-corrected chi connectivity index (χ1v) is 7.77. The predicted octanol–water partition coefficient (Wildman–Crippen LogP) is 4.78. The topological polar surface area (TPSA) is 41.6 Å². The summed E-state index contributed by atoms with van der Waals surface area (Å²) in [5, 5.41) is 3.38. The molecule has 22 heavy (non-hydrogen) atoms. The van der Waals surface area contributed by atoms with Gasteiger partial charge in [0, 0.05) is 27.8 Å². The first kappa shape index (κ1) is 16.6. The Morgan fingerprint density at radius 3 is 2.77 bits per heavy atom. The quantitative estimate of drug-likeness (QED) is 0.826. The van der Waals surface area contributed by atoms with Gasteiger partial charge in [0.2, 0.25) is 0 Å². The van der Waals surface area contributed by atoms with Gasteiger partial charge in [-0.1, -0.05) is 33.6 Å². The van der Waals surface area contributed by atoms with Crippen LogP contribution in [0.5, 0.6) is 5.75 Å². The maximum absolute atomic E-state index is 12.2. The minimum atomic E-state index is -0.218. The molecule has 2 aromatic rings. The third-order valence-electron chi connectivity index (χ3n) is 3.07. The van der Waals surface area contributed by atoms with E-state index in [9.17, 15) is 4.79 Å². The lowest BCUT2D eigenvalue weighted by Gasteiger charge is -2.19. The highest BCUT2D eigenvalue weighted by Gasteiger charge is 2.12. The Bertz CT molecular complexity index is 679. The van der Waals surface area contributed by atoms with E-state index in [1.807, 2.05) is 18.2 Å². The number of halogens is 2. The number of methoxy groups -OCH3 is 1. The summed E-state index contributed by atoms with van der Waals surface area (Å²) in [7, 11) is 3.33. The number of ether oxygens (including phenoxy) is 1. The van der Waals surface area contributed by atoms with Crippen LogP contribution in [-0.4, -0.2) is 25.1 Å². The molecule has 0 radical (unpaired) electrons. The van der Waals surface area contributed by atoms with Crippen molar-refractivity contribution in [2.24, 2.45) is 0 Å². The van der Waals surface area contributed by atoms with Gasteiger partial charge in [-0.25, -0.2) is 4.79 Å². The molecule has 0 bridgehead atoms. The van der Waals surface area contributed by atoms with Crippen molar-refractivity contribution in [3.05, 3.63) is 57.5 Å². The molecular formula is C16H16BrClN2O2. The molecule has 2 rings (SSSR count). The van der Waals surface area contributed by atoms with Crippen LogP contribution in [0.25, 0.3) is 0 Å². The SMILES string of the molecule is COc1ccc(Br)cc1CN(C)C(=O)Nc1cccc(Cl)c1. The Morgan fingerprint density at radius 2 is 2.09 bits per heavy atom. The normalized spacial score (nSPS) is 10.2. The van der Waals surface area contributed by atoms with Crippen molar-refractivity contribution in [1.82, 2.24) is 4.90 Å². The lowest BCUT2D eigenvalue weighted by molar-refractivity contribution is 0.220. The van der Waals surface area contributed by atoms with Gasteiger partial charge in [-0.2, -0.15) is 0 Å². The molecule has 0 aliphatic heterocycles. The second kappa shape index (κ2) is 7.51. The van der Waals surface area contributed by atoms with Crippen LogP contribution in [0.2, 0.25) is 5.02 Å². The van der Waals surface area contributed by atoms with E-state index >= 15 is 0 Å². The second-order valence-corrected chi connectivity index (χ2v) is 6.10. The van der Waals surface area contributed by atoms with Crippen molar-refractivity contribution in [3.8, 4) is 5.75 Å². The molecule has 0 unspecified atom stereocenters. The number of anilines is 1. The van der Waals surface area contributed by atoms with E-state index < -0.39 is 0 Å². The van der Waals surface area contributed by atoms with E-state index in [0.717, 1.165) is 15.8 Å². The number of urea groups is 1. The van der Waals surface area contributed by atoms with Gasteiger partial charge in [0.05, 0.1) is 13.7 Å². The first-order valence-electron chi connectivity index (χ1n) is 6.59. The summed E-state index contributed by atoms with van der Waals surface area (Å²) in [6, 6.07) is 12.5. The highest BCUT2D eigenvalue weighted by atomic mass is 79.9. The molecule has 0 saturated heterocycles. The number of carbonyl (C=O) groups excluding carboxylic acids is 1. The molecule has 0 fully saturated rings. The lowest BCUT2D eigenvalue weighted by atomic mass is 10.2. The van der Waals surface area contributed by atoms with Crippen LogP contribution in [0, 0.1) is 0 Å². The fourth-order valence-corrected chi connectivity index (χ4v) is 2.58. The average molecular weight is 384 g/mol. The van der Waals surface area contributed by atoms with Crippen molar-refractivity contribution in [2.75, 3.05) is 19.5 Å². The van der Waals surface area contributed by atoms with Gasteiger partial charge in [-0.15, -0.1) is 0 Å². The van der Waals surface area contributed by atoms with Crippen LogP contribution in [-0.2, 0) is 6.54 Å². The maximum Gasteiger partial charge on any atom is 0.321 e. The van der Waals surface area contributed by atoms with E-state index in [4.69, 9.17) is 16.3 Å². The predicted molar refractivity (Wildman–Crippen MR) is 92.6 cm³/mol. The summed E-state index contributed by atoms with van der Waals surface area (Å²) in [6.07, 6.45) is 0. The molecule has 0 aromatic heterocycles. The molecule has 2 aromatic carbocycles. The number of benzene rings is 2. The Morgan fingerprint density at radius 1 is 1.32 bits per heavy atom. The summed E-state index contributed by atoms with van der Waals surface area (Å²) in [4.78, 5) is 13.8. The molecule has 0 heterocycles. The van der Waals surface area contributed by atoms with Crippen molar-refractivity contribution in [3.63, 3.8) is 0 Å². The molecule has 0 spiro atoms. The van der Waals surface area contributed by atoms with Gasteiger partial charge >= 0.3 is 6.03 Å². The van der Waals surface area contributed by atoms with Gasteiger partial charge in [-0.3, -0.25) is 0 Å². The summed E-state index contributed by atoms with van der Waals surface area (Å²) in [5.74, 6) is 0.741. The van der Waals surface area contributed by atoms with Gasteiger partial charge in [0.1, 0.15) is 5.75 Å². The van der Waals surface area contributed by atoms with Gasteiger partial charge < -0.3 is 15.0 Å². The average Bonchev–Trinajstić information content (AvgIpc) is 2.47. The molecular weight excluding hydrogens is 368 g/mol. The van der Waals surface area contributed by atoms with E-state index in [1.54, 1.807) is 43.3 Å². The summed E-state index contributed by atoms with van der Waals surface area (Å²) < 4.78 is 6.26. The van der Waals surface area contributed by atoms with Crippen molar-refractivity contribution in [2.45, 2.75) is 6.54 Å². The van der Waals surface area contributed by atoms with E-state index in [2.05, 4.69) is 21.2 Å². The number of amides is 2. The number of hydrogen-bond donors (Lipinski definition) is 1. The minimum Gasteiger partial charge on any atom is -0.496 e. The molecule has 1 N–H and O–H groups in total. The number of nitrogens with one attached hydrogen (secondary N) is 1. The number of rotatable bonds is 4. The van der Waals surface area contributed by atoms with Crippen molar-refractivity contribution in [1.29, 1.82) is 0 Å². The zero-order chi connectivity index (χ0) is 16.1. The van der Waals surface area contributed by atoms with Crippen LogP contribution in [0.3, 0.4) is 0 Å². The molecule has 0 atom stereocenters. The lowest BCUT2D eigenvalue weighted by Crippen LogP contribution is -2.31. The van der Waals surface area contributed by atoms with Crippen molar-refractivity contribution < 1.29 is 9.53 Å². The van der Waals surface area contributed by atoms with Crippen LogP contribution in [0.1, 0.15) is 5.56 Å². The van der Waals surface area contributed by atoms with Crippen LogP contribution in [0.4, 0.5) is 10.5 Å². The Labute approximate surface area is 143 Å². The summed E-state index contributed by atoms with van der Waals surface area (Å²) in [6.45, 7) is 0.426. The smallest absolute Gasteiger partial charge is 0.321 e. The third-order valence-corrected chi connectivity index (χ3v) is 3.80. The van der Waals surface area contributed by atoms with E-state index in [1.165, 1.54) is 0 Å². The zero-order valence-corrected chi connectivity index (χ0v) is 14.6. The first-order chi connectivity index (χ1) is 10.5. The highest BCUT2D eigenvalue weighted by Crippen LogP contribution is 2.24. The Kier molecular flexibility index (Phi) is 5.69. The molecule has 0 aliphatic rings. The van der Waals surface area contributed by atoms with Gasteiger partial charge in [0.15, 0.2) is 0 Å². The number of hydrogen-bond acceptors (Lipinski definition) is 2.